The van der Waals surface area contributed by atoms with Crippen LogP contribution in [0.5, 0.6) is 5.75 Å². The first-order valence-electron chi connectivity index (χ1n) is 10.1. The van der Waals surface area contributed by atoms with Gasteiger partial charge in [0, 0.05) is 65.1 Å². The lowest BCUT2D eigenvalue weighted by Gasteiger charge is -2.36. The lowest BCUT2D eigenvalue weighted by Crippen LogP contribution is -2.46. The van der Waals surface area contributed by atoms with Crippen molar-refractivity contribution in [2.45, 2.75) is 6.54 Å². The number of hydrogen-bond donors (Lipinski definition) is 0. The van der Waals surface area contributed by atoms with Crippen molar-refractivity contribution in [2.24, 2.45) is 0 Å². The van der Waals surface area contributed by atoms with E-state index >= 15 is 0 Å². The monoisotopic (exact) mass is 382 g/mol. The lowest BCUT2D eigenvalue weighted by molar-refractivity contribution is 0.246. The molecule has 1 aromatic heterocycles. The number of methoxy groups -OCH3 is 1. The zero-order chi connectivity index (χ0) is 19.3. The third kappa shape index (κ3) is 4.36. The van der Waals surface area contributed by atoms with E-state index in [2.05, 4.69) is 43.8 Å². The van der Waals surface area contributed by atoms with E-state index in [4.69, 9.17) is 9.72 Å². The maximum atomic E-state index is 5.52. The van der Waals surface area contributed by atoms with Crippen molar-refractivity contribution in [3.05, 3.63) is 42.2 Å². The van der Waals surface area contributed by atoms with E-state index in [1.807, 2.05) is 24.4 Å². The Morgan fingerprint density at radius 3 is 2.36 bits per heavy atom. The number of aromatic nitrogens is 2. The smallest absolute Gasteiger partial charge is 0.225 e. The fraction of sp³-hybridized carbons (Fsp3) is 0.524. The molecule has 0 aliphatic carbocycles. The van der Waals surface area contributed by atoms with Crippen LogP contribution < -0.4 is 14.5 Å². The standard InChI is InChI=1S/C21H30N6O/c1-24-9-13-27(14-10-24)21-22-8-7-18(23-21)17-25-11-15-26(16-12-25)19-5-3-4-6-20(19)28-2/h3-8H,9-17H2,1-2H3. The van der Waals surface area contributed by atoms with Crippen LogP contribution in [0.3, 0.4) is 0 Å². The first-order chi connectivity index (χ1) is 13.7. The van der Waals surface area contributed by atoms with Crippen molar-refractivity contribution < 1.29 is 4.74 Å². The van der Waals surface area contributed by atoms with Crippen LogP contribution in [-0.4, -0.2) is 86.3 Å². The minimum atomic E-state index is 0.873. The van der Waals surface area contributed by atoms with Gasteiger partial charge < -0.3 is 19.4 Å². The van der Waals surface area contributed by atoms with Crippen molar-refractivity contribution in [2.75, 3.05) is 76.3 Å². The van der Waals surface area contributed by atoms with Crippen molar-refractivity contribution in [1.29, 1.82) is 0 Å². The molecule has 2 fully saturated rings. The molecule has 2 saturated heterocycles. The lowest BCUT2D eigenvalue weighted by atomic mass is 10.2. The van der Waals surface area contributed by atoms with Crippen LogP contribution in [0.4, 0.5) is 11.6 Å². The number of benzene rings is 1. The molecule has 0 spiro atoms. The molecule has 4 rings (SSSR count). The first-order valence-corrected chi connectivity index (χ1v) is 10.1. The molecule has 0 atom stereocenters. The SMILES string of the molecule is COc1ccccc1N1CCN(Cc2ccnc(N3CCN(C)CC3)n2)CC1. The van der Waals surface area contributed by atoms with Crippen LogP contribution >= 0.6 is 0 Å². The van der Waals surface area contributed by atoms with E-state index in [0.29, 0.717) is 0 Å². The molecule has 0 saturated carbocycles. The molecule has 1 aromatic carbocycles. The van der Waals surface area contributed by atoms with E-state index in [1.54, 1.807) is 7.11 Å². The second-order valence-corrected chi connectivity index (χ2v) is 7.57. The van der Waals surface area contributed by atoms with Gasteiger partial charge in [0.25, 0.3) is 0 Å². The highest BCUT2D eigenvalue weighted by atomic mass is 16.5. The Balaban J connectivity index is 1.34. The molecule has 3 heterocycles. The second kappa shape index (κ2) is 8.75. The summed E-state index contributed by atoms with van der Waals surface area (Å²) < 4.78 is 5.52. The summed E-state index contributed by atoms with van der Waals surface area (Å²) in [5, 5.41) is 0. The Kier molecular flexibility index (Phi) is 5.92. The minimum absolute atomic E-state index is 0.873. The number of para-hydroxylation sites is 2. The van der Waals surface area contributed by atoms with Gasteiger partial charge in [-0.2, -0.15) is 0 Å². The molecule has 0 bridgehead atoms. The summed E-state index contributed by atoms with van der Waals surface area (Å²) in [6.07, 6.45) is 1.90. The Bertz CT molecular complexity index is 769. The normalized spacial score (nSPS) is 19.1. The van der Waals surface area contributed by atoms with Gasteiger partial charge in [0.05, 0.1) is 18.5 Å². The summed E-state index contributed by atoms with van der Waals surface area (Å²) in [4.78, 5) is 18.9. The predicted molar refractivity (Wildman–Crippen MR) is 112 cm³/mol. The summed E-state index contributed by atoms with van der Waals surface area (Å²) in [5.41, 5.74) is 2.29. The molecule has 0 unspecified atom stereocenters. The van der Waals surface area contributed by atoms with Gasteiger partial charge in [0.2, 0.25) is 5.95 Å². The maximum Gasteiger partial charge on any atom is 0.225 e. The van der Waals surface area contributed by atoms with Crippen LogP contribution in [-0.2, 0) is 6.54 Å². The van der Waals surface area contributed by atoms with Gasteiger partial charge in [0.1, 0.15) is 5.75 Å². The molecule has 150 valence electrons. The summed E-state index contributed by atoms with van der Waals surface area (Å²) in [6, 6.07) is 10.3. The molecule has 2 aliphatic heterocycles. The fourth-order valence-electron chi connectivity index (χ4n) is 3.90. The average Bonchev–Trinajstić information content (AvgIpc) is 2.75. The number of rotatable bonds is 5. The molecule has 0 radical (unpaired) electrons. The first kappa shape index (κ1) is 19.0. The van der Waals surface area contributed by atoms with Gasteiger partial charge >= 0.3 is 0 Å². The van der Waals surface area contributed by atoms with Gasteiger partial charge in [-0.25, -0.2) is 9.97 Å². The van der Waals surface area contributed by atoms with Gasteiger partial charge in [-0.15, -0.1) is 0 Å². The molecule has 0 N–H and O–H groups in total. The van der Waals surface area contributed by atoms with Crippen molar-refractivity contribution in [3.8, 4) is 5.75 Å². The largest absolute Gasteiger partial charge is 0.495 e. The highest BCUT2D eigenvalue weighted by Crippen LogP contribution is 2.28. The van der Waals surface area contributed by atoms with Crippen molar-refractivity contribution in [1.82, 2.24) is 19.8 Å². The third-order valence-electron chi connectivity index (χ3n) is 5.67. The number of nitrogens with zero attached hydrogens (tertiary/aromatic N) is 6. The number of hydrogen-bond acceptors (Lipinski definition) is 7. The van der Waals surface area contributed by atoms with Gasteiger partial charge in [-0.3, -0.25) is 4.90 Å². The molecule has 28 heavy (non-hydrogen) atoms. The molecule has 0 amide bonds. The van der Waals surface area contributed by atoms with E-state index in [9.17, 15) is 0 Å². The van der Waals surface area contributed by atoms with E-state index in [-0.39, 0.29) is 0 Å². The maximum absolute atomic E-state index is 5.52. The van der Waals surface area contributed by atoms with Crippen molar-refractivity contribution >= 4 is 11.6 Å². The molecule has 7 heteroatoms. The van der Waals surface area contributed by atoms with Gasteiger partial charge in [0.15, 0.2) is 0 Å². The van der Waals surface area contributed by atoms with Crippen LogP contribution in [0.2, 0.25) is 0 Å². The van der Waals surface area contributed by atoms with Crippen LogP contribution in [0, 0.1) is 0 Å². The Labute approximate surface area is 167 Å². The summed E-state index contributed by atoms with van der Waals surface area (Å²) in [6.45, 7) is 9.04. The molecule has 7 nitrogen and oxygen atoms in total. The van der Waals surface area contributed by atoms with Crippen molar-refractivity contribution in [3.63, 3.8) is 0 Å². The summed E-state index contributed by atoms with van der Waals surface area (Å²) in [5.74, 6) is 1.82. The Hall–Kier alpha value is -2.38. The Morgan fingerprint density at radius 2 is 1.61 bits per heavy atom. The zero-order valence-electron chi connectivity index (χ0n) is 16.9. The fourth-order valence-corrected chi connectivity index (χ4v) is 3.90. The van der Waals surface area contributed by atoms with Gasteiger partial charge in [-0.05, 0) is 25.2 Å². The second-order valence-electron chi connectivity index (χ2n) is 7.57. The number of anilines is 2. The zero-order valence-corrected chi connectivity index (χ0v) is 16.9. The highest BCUT2D eigenvalue weighted by Gasteiger charge is 2.21. The minimum Gasteiger partial charge on any atom is -0.495 e. The van der Waals surface area contributed by atoms with Gasteiger partial charge in [-0.1, -0.05) is 12.1 Å². The summed E-state index contributed by atoms with van der Waals surface area (Å²) >= 11 is 0. The highest BCUT2D eigenvalue weighted by molar-refractivity contribution is 5.58. The predicted octanol–water partition coefficient (Wildman–Crippen LogP) is 1.56. The van der Waals surface area contributed by atoms with Crippen LogP contribution in [0.1, 0.15) is 5.69 Å². The van der Waals surface area contributed by atoms with E-state index in [1.165, 1.54) is 5.69 Å². The molecule has 2 aliphatic rings. The Morgan fingerprint density at radius 1 is 0.893 bits per heavy atom. The molecular weight excluding hydrogens is 352 g/mol. The third-order valence-corrected chi connectivity index (χ3v) is 5.67. The number of likely N-dealkylation sites (N-methyl/N-ethyl adjacent to an activating group) is 1. The van der Waals surface area contributed by atoms with Crippen LogP contribution in [0.25, 0.3) is 0 Å². The topological polar surface area (TPSA) is 48.0 Å². The van der Waals surface area contributed by atoms with E-state index < -0.39 is 0 Å². The summed E-state index contributed by atoms with van der Waals surface area (Å²) in [7, 11) is 3.90. The average molecular weight is 383 g/mol. The number of piperazine rings is 2. The number of ether oxygens (including phenoxy) is 1. The molecular formula is C21H30N6O. The van der Waals surface area contributed by atoms with Crippen LogP contribution in [0.15, 0.2) is 36.5 Å². The quantitative estimate of drug-likeness (QED) is 0.778. The molecule has 2 aromatic rings. The van der Waals surface area contributed by atoms with E-state index in [0.717, 1.165) is 76.3 Å².